The maximum absolute atomic E-state index is 2.40. The second kappa shape index (κ2) is 10.9. The lowest BCUT2D eigenvalue weighted by Crippen LogP contribution is -1.92. The van der Waals surface area contributed by atoms with Gasteiger partial charge in [-0.15, -0.1) is 22.7 Å². The third-order valence-corrected chi connectivity index (χ3v) is 11.0. The molecule has 0 saturated carbocycles. The lowest BCUT2D eigenvalue weighted by molar-refractivity contribution is 0.993. The van der Waals surface area contributed by atoms with Crippen LogP contribution >= 0.6 is 22.7 Å². The van der Waals surface area contributed by atoms with E-state index in [0.717, 1.165) is 25.7 Å². The summed E-state index contributed by atoms with van der Waals surface area (Å²) in [5, 5.41) is 10.8. The number of hydrogen-bond donors (Lipinski definition) is 0. The molecule has 8 rings (SSSR count). The SMILES string of the molecule is c1ccc2c(c1)cc(CCc1ccc(-c3ccc(CCc4cc5ccccc5c5ccccc45)s3)s1)c1ccccc12. The van der Waals surface area contributed by atoms with Crippen LogP contribution in [-0.2, 0) is 25.7 Å². The van der Waals surface area contributed by atoms with Crippen molar-refractivity contribution in [3.05, 3.63) is 154 Å². The van der Waals surface area contributed by atoms with Gasteiger partial charge in [-0.3, -0.25) is 0 Å². The van der Waals surface area contributed by atoms with E-state index < -0.39 is 0 Å². The Morgan fingerprint density at radius 1 is 0.333 bits per heavy atom. The first-order valence-corrected chi connectivity index (χ1v) is 16.4. The number of fused-ring (bicyclic) bond motifs is 6. The minimum Gasteiger partial charge on any atom is -0.139 e. The summed E-state index contributed by atoms with van der Waals surface area (Å²) in [6.07, 6.45) is 4.25. The highest BCUT2D eigenvalue weighted by Crippen LogP contribution is 2.36. The van der Waals surface area contributed by atoms with Crippen molar-refractivity contribution in [1.29, 1.82) is 0 Å². The van der Waals surface area contributed by atoms with Gasteiger partial charge in [0.2, 0.25) is 0 Å². The first kappa shape index (κ1) is 25.5. The van der Waals surface area contributed by atoms with Gasteiger partial charge in [0.1, 0.15) is 0 Å². The van der Waals surface area contributed by atoms with Crippen LogP contribution in [0.1, 0.15) is 20.9 Å². The molecule has 202 valence electrons. The smallest absolute Gasteiger partial charge is 0.0445 e. The number of aryl methyl sites for hydroxylation is 4. The van der Waals surface area contributed by atoms with E-state index in [0.29, 0.717) is 0 Å². The van der Waals surface area contributed by atoms with Crippen LogP contribution in [0.25, 0.3) is 52.8 Å². The summed E-state index contributed by atoms with van der Waals surface area (Å²) in [7, 11) is 0. The lowest BCUT2D eigenvalue weighted by Gasteiger charge is -2.10. The molecule has 0 aliphatic heterocycles. The molecule has 0 amide bonds. The highest BCUT2D eigenvalue weighted by molar-refractivity contribution is 7.22. The normalized spacial score (nSPS) is 11.7. The molecule has 0 N–H and O–H groups in total. The lowest BCUT2D eigenvalue weighted by atomic mass is 9.95. The average Bonchev–Trinajstić information content (AvgIpc) is 3.72. The van der Waals surface area contributed by atoms with Crippen molar-refractivity contribution < 1.29 is 0 Å². The zero-order valence-electron chi connectivity index (χ0n) is 23.3. The monoisotopic (exact) mass is 574 g/mol. The molecule has 2 aromatic heterocycles. The Hall–Kier alpha value is -4.24. The van der Waals surface area contributed by atoms with E-state index in [2.05, 4.69) is 133 Å². The first-order valence-electron chi connectivity index (χ1n) is 14.8. The van der Waals surface area contributed by atoms with Crippen LogP contribution in [0.3, 0.4) is 0 Å². The van der Waals surface area contributed by atoms with Crippen LogP contribution in [-0.4, -0.2) is 0 Å². The highest BCUT2D eigenvalue weighted by atomic mass is 32.1. The second-order valence-electron chi connectivity index (χ2n) is 11.1. The molecule has 42 heavy (non-hydrogen) atoms. The molecule has 0 aliphatic carbocycles. The van der Waals surface area contributed by atoms with E-state index in [1.54, 1.807) is 0 Å². The van der Waals surface area contributed by atoms with E-state index in [-0.39, 0.29) is 0 Å². The summed E-state index contributed by atoms with van der Waals surface area (Å²) < 4.78 is 0. The molecule has 0 spiro atoms. The van der Waals surface area contributed by atoms with Gasteiger partial charge in [-0.1, -0.05) is 109 Å². The van der Waals surface area contributed by atoms with Gasteiger partial charge in [0.25, 0.3) is 0 Å². The molecule has 0 nitrogen and oxygen atoms in total. The Bertz CT molecular complexity index is 2050. The Morgan fingerprint density at radius 2 is 0.714 bits per heavy atom. The van der Waals surface area contributed by atoms with Crippen LogP contribution in [0.2, 0.25) is 0 Å². The van der Waals surface area contributed by atoms with Crippen molar-refractivity contribution in [3.8, 4) is 9.75 Å². The zero-order chi connectivity index (χ0) is 27.9. The Morgan fingerprint density at radius 3 is 1.17 bits per heavy atom. The van der Waals surface area contributed by atoms with Crippen LogP contribution in [0.5, 0.6) is 0 Å². The van der Waals surface area contributed by atoms with Crippen molar-refractivity contribution >= 4 is 65.8 Å². The number of benzene rings is 6. The van der Waals surface area contributed by atoms with Gasteiger partial charge < -0.3 is 0 Å². The molecule has 0 unspecified atom stereocenters. The number of thiophene rings is 2. The minimum absolute atomic E-state index is 1.06. The van der Waals surface area contributed by atoms with E-state index in [1.165, 1.54) is 73.7 Å². The fourth-order valence-electron chi connectivity index (χ4n) is 6.48. The van der Waals surface area contributed by atoms with Crippen molar-refractivity contribution in [2.24, 2.45) is 0 Å². The maximum atomic E-state index is 2.40. The maximum Gasteiger partial charge on any atom is 0.0445 e. The summed E-state index contributed by atoms with van der Waals surface area (Å²) >= 11 is 3.91. The molecule has 8 aromatic rings. The third-order valence-electron chi connectivity index (χ3n) is 8.56. The van der Waals surface area contributed by atoms with Crippen LogP contribution in [0, 0.1) is 0 Å². The topological polar surface area (TPSA) is 0 Å². The molecule has 2 heterocycles. The predicted octanol–water partition coefficient (Wildman–Crippen LogP) is 11.7. The summed E-state index contributed by atoms with van der Waals surface area (Å²) in [5.41, 5.74) is 2.89. The number of rotatable bonds is 7. The van der Waals surface area contributed by atoms with Crippen LogP contribution in [0.4, 0.5) is 0 Å². The summed E-state index contributed by atoms with van der Waals surface area (Å²) in [5.74, 6) is 0. The van der Waals surface area contributed by atoms with E-state index in [4.69, 9.17) is 0 Å². The molecule has 0 bridgehead atoms. The third kappa shape index (κ3) is 4.71. The van der Waals surface area contributed by atoms with E-state index >= 15 is 0 Å². The molecular formula is C40H30S2. The molecule has 0 saturated heterocycles. The molecule has 0 aliphatic rings. The first-order chi connectivity index (χ1) is 20.8. The predicted molar refractivity (Wildman–Crippen MR) is 185 cm³/mol. The number of hydrogen-bond acceptors (Lipinski definition) is 2. The minimum atomic E-state index is 1.06. The van der Waals surface area contributed by atoms with Gasteiger partial charge in [0.05, 0.1) is 0 Å². The molecular weight excluding hydrogens is 545 g/mol. The highest BCUT2D eigenvalue weighted by Gasteiger charge is 2.11. The quantitative estimate of drug-likeness (QED) is 0.166. The van der Waals surface area contributed by atoms with Crippen molar-refractivity contribution in [2.75, 3.05) is 0 Å². The largest absolute Gasteiger partial charge is 0.139 e. The molecule has 6 aromatic carbocycles. The van der Waals surface area contributed by atoms with Gasteiger partial charge in [0, 0.05) is 19.5 Å². The van der Waals surface area contributed by atoms with Gasteiger partial charge in [-0.2, -0.15) is 0 Å². The Labute approximate surface area is 254 Å². The zero-order valence-corrected chi connectivity index (χ0v) is 25.0. The fraction of sp³-hybridized carbons (Fsp3) is 0.100. The van der Waals surface area contributed by atoms with Crippen LogP contribution < -0.4 is 0 Å². The van der Waals surface area contributed by atoms with Crippen molar-refractivity contribution in [1.82, 2.24) is 0 Å². The van der Waals surface area contributed by atoms with E-state index in [1.807, 2.05) is 22.7 Å². The molecule has 0 atom stereocenters. The standard InChI is InChI=1S/C40H30S2/c1-3-11-33-27(9-1)25-29(35-13-5-7-15-37(33)35)17-19-31-21-23-39(41-31)40-24-22-32(42-40)20-18-30-26-28-10-2-4-12-34(28)38-16-8-6-14-36(30)38/h1-16,21-26H,17-20H2. The van der Waals surface area contributed by atoms with Gasteiger partial charge >= 0.3 is 0 Å². The molecule has 2 heteroatoms. The van der Waals surface area contributed by atoms with Crippen molar-refractivity contribution in [2.45, 2.75) is 25.7 Å². The van der Waals surface area contributed by atoms with E-state index in [9.17, 15) is 0 Å². The summed E-state index contributed by atoms with van der Waals surface area (Å²) in [6.45, 7) is 0. The van der Waals surface area contributed by atoms with Gasteiger partial charge in [-0.25, -0.2) is 0 Å². The Kier molecular flexibility index (Phi) is 6.59. The molecule has 0 fully saturated rings. The van der Waals surface area contributed by atoms with Crippen LogP contribution in [0.15, 0.2) is 133 Å². The van der Waals surface area contributed by atoms with Gasteiger partial charge in [-0.05, 0) is 104 Å². The average molecular weight is 575 g/mol. The second-order valence-corrected chi connectivity index (χ2v) is 13.5. The van der Waals surface area contributed by atoms with Gasteiger partial charge in [0.15, 0.2) is 0 Å². The Balaban J connectivity index is 0.995. The summed E-state index contributed by atoms with van der Waals surface area (Å²) in [6, 6.07) is 49.4. The molecule has 0 radical (unpaired) electrons. The van der Waals surface area contributed by atoms with Crippen molar-refractivity contribution in [3.63, 3.8) is 0 Å². The summed E-state index contributed by atoms with van der Waals surface area (Å²) in [4.78, 5) is 5.70. The fourth-order valence-corrected chi connectivity index (χ4v) is 8.59.